The molecule has 0 radical (unpaired) electrons. The number of rotatable bonds is 9. The largest absolute Gasteiger partial charge is 0.487 e. The summed E-state index contributed by atoms with van der Waals surface area (Å²) in [7, 11) is 1.67. The first kappa shape index (κ1) is 27.6. The first-order valence-corrected chi connectivity index (χ1v) is 14.9. The Hall–Kier alpha value is -1.41. The fourth-order valence-electron chi connectivity index (χ4n) is 3.46. The maximum atomic E-state index is 13.3. The van der Waals surface area contributed by atoms with Crippen molar-refractivity contribution in [1.29, 1.82) is 0 Å². The van der Waals surface area contributed by atoms with Crippen LogP contribution in [0.5, 0.6) is 5.75 Å². The van der Waals surface area contributed by atoms with Crippen molar-refractivity contribution in [3.8, 4) is 5.75 Å². The predicted molar refractivity (Wildman–Crippen MR) is 168 cm³/mol. The van der Waals surface area contributed by atoms with Gasteiger partial charge in [-0.15, -0.1) is 0 Å². The first-order chi connectivity index (χ1) is 17.4. The van der Waals surface area contributed by atoms with Crippen molar-refractivity contribution in [1.82, 2.24) is 4.90 Å². The molecule has 0 N–H and O–H groups in total. The van der Waals surface area contributed by atoms with Gasteiger partial charge >= 0.3 is 0 Å². The van der Waals surface area contributed by atoms with Crippen molar-refractivity contribution in [3.05, 3.63) is 94.4 Å². The molecule has 1 heterocycles. The number of hydrogen-bond donors (Lipinski definition) is 0. The number of ether oxygens (including phenoxy) is 2. The number of para-hydroxylation sites is 1. The van der Waals surface area contributed by atoms with Gasteiger partial charge in [0.05, 0.1) is 17.7 Å². The van der Waals surface area contributed by atoms with E-state index in [1.807, 2.05) is 72.8 Å². The molecule has 1 aliphatic rings. The lowest BCUT2D eigenvalue weighted by Gasteiger charge is -2.15. The Morgan fingerprint density at radius 2 is 1.75 bits per heavy atom. The second-order valence-corrected chi connectivity index (χ2v) is 12.1. The van der Waals surface area contributed by atoms with Gasteiger partial charge in [0.15, 0.2) is 5.17 Å². The lowest BCUT2D eigenvalue weighted by Crippen LogP contribution is -2.30. The van der Waals surface area contributed by atoms with Crippen LogP contribution < -0.4 is 4.74 Å². The third-order valence-electron chi connectivity index (χ3n) is 5.21. The number of methoxy groups -OCH3 is 1. The van der Waals surface area contributed by atoms with Crippen LogP contribution in [0.25, 0.3) is 6.08 Å². The molecule has 0 aromatic heterocycles. The number of aliphatic imine (C=N–C) groups is 1. The quantitative estimate of drug-likeness (QED) is 0.126. The van der Waals surface area contributed by atoms with Gasteiger partial charge < -0.3 is 9.47 Å². The van der Waals surface area contributed by atoms with Crippen LogP contribution in [0.4, 0.5) is 5.69 Å². The number of carbonyl (C=O) groups excluding carboxylic acids is 1. The molecule has 0 bridgehead atoms. The minimum absolute atomic E-state index is 0.0358. The molecular weight excluding hydrogens is 766 g/mol. The summed E-state index contributed by atoms with van der Waals surface area (Å²) < 4.78 is 14.4. The molecule has 3 aromatic carbocycles. The number of amidine groups is 1. The molecule has 1 saturated heterocycles. The summed E-state index contributed by atoms with van der Waals surface area (Å²) in [6.45, 7) is 1.63. The lowest BCUT2D eigenvalue weighted by molar-refractivity contribution is -0.122. The highest BCUT2D eigenvalue weighted by atomic mass is 127. The van der Waals surface area contributed by atoms with E-state index in [1.165, 1.54) is 11.8 Å². The van der Waals surface area contributed by atoms with Gasteiger partial charge in [-0.1, -0.05) is 46.3 Å². The average Bonchev–Trinajstić information content (AvgIpc) is 3.14. The fourth-order valence-corrected chi connectivity index (χ4v) is 6.87. The number of halogens is 3. The van der Waals surface area contributed by atoms with Gasteiger partial charge in [-0.25, -0.2) is 4.99 Å². The summed E-state index contributed by atoms with van der Waals surface area (Å²) in [4.78, 5) is 20.4. The normalized spacial score (nSPS) is 15.8. The van der Waals surface area contributed by atoms with Crippen molar-refractivity contribution in [2.75, 3.05) is 20.3 Å². The van der Waals surface area contributed by atoms with Crippen molar-refractivity contribution in [2.24, 2.45) is 4.99 Å². The van der Waals surface area contributed by atoms with Crippen molar-refractivity contribution in [2.45, 2.75) is 13.0 Å². The molecule has 3 aromatic rings. The Morgan fingerprint density at radius 3 is 2.42 bits per heavy atom. The van der Waals surface area contributed by atoms with E-state index in [2.05, 4.69) is 61.1 Å². The Labute approximate surface area is 251 Å². The van der Waals surface area contributed by atoms with Crippen molar-refractivity contribution >= 4 is 95.7 Å². The van der Waals surface area contributed by atoms with Crippen LogP contribution in [0.15, 0.2) is 81.1 Å². The van der Waals surface area contributed by atoms with E-state index >= 15 is 0 Å². The van der Waals surface area contributed by atoms with Gasteiger partial charge in [0, 0.05) is 24.7 Å². The van der Waals surface area contributed by atoms with E-state index in [0.717, 1.165) is 40.6 Å². The molecular formula is C27H23BrI2N2O3S. The molecule has 4 rings (SSSR count). The van der Waals surface area contributed by atoms with E-state index in [1.54, 1.807) is 12.0 Å². The second kappa shape index (κ2) is 13.4. The highest BCUT2D eigenvalue weighted by Gasteiger charge is 2.33. The van der Waals surface area contributed by atoms with Crippen LogP contribution in [0.1, 0.15) is 17.5 Å². The number of thioether (sulfide) groups is 1. The summed E-state index contributed by atoms with van der Waals surface area (Å²) in [5.74, 6) is 0.811. The van der Waals surface area contributed by atoms with Crippen molar-refractivity contribution < 1.29 is 14.3 Å². The molecule has 0 saturated carbocycles. The first-order valence-electron chi connectivity index (χ1n) is 11.1. The molecule has 9 heteroatoms. The monoisotopic (exact) mass is 788 g/mol. The molecule has 0 atom stereocenters. The summed E-state index contributed by atoms with van der Waals surface area (Å²) >= 11 is 9.45. The van der Waals surface area contributed by atoms with Gasteiger partial charge in [0.25, 0.3) is 5.91 Å². The van der Waals surface area contributed by atoms with E-state index in [4.69, 9.17) is 14.5 Å². The van der Waals surface area contributed by atoms with E-state index in [0.29, 0.717) is 29.8 Å². The molecule has 1 amide bonds. The zero-order chi connectivity index (χ0) is 25.5. The molecule has 0 spiro atoms. The summed E-state index contributed by atoms with van der Waals surface area (Å²) in [6, 6.07) is 21.9. The van der Waals surface area contributed by atoms with Crippen LogP contribution in [-0.4, -0.2) is 36.2 Å². The van der Waals surface area contributed by atoms with Crippen LogP contribution in [-0.2, 0) is 16.1 Å². The standard InChI is InChI=1S/C27H23BrI2N2O3S/c1-34-13-5-12-32-26(33)24(36-27(32)31-21-6-3-2-4-7-21)16-19-14-22(29)25(23(30)15-19)35-17-18-8-10-20(28)11-9-18/h2-4,6-11,14-16H,5,12-13,17H2,1H3/b24-16-,31-27?. The second-order valence-electron chi connectivity index (χ2n) is 7.87. The molecule has 0 aliphatic carbocycles. The Kier molecular flexibility index (Phi) is 10.3. The third-order valence-corrected chi connectivity index (χ3v) is 8.35. The van der Waals surface area contributed by atoms with Gasteiger partial charge in [-0.05, 0) is 117 Å². The van der Waals surface area contributed by atoms with E-state index < -0.39 is 0 Å². The summed E-state index contributed by atoms with van der Waals surface area (Å²) in [5, 5.41) is 0.687. The number of benzene rings is 3. The maximum absolute atomic E-state index is 13.3. The third kappa shape index (κ3) is 7.33. The summed E-state index contributed by atoms with van der Waals surface area (Å²) in [6.07, 6.45) is 2.68. The molecule has 0 unspecified atom stereocenters. The highest BCUT2D eigenvalue weighted by Crippen LogP contribution is 2.36. The Balaban J connectivity index is 1.55. The lowest BCUT2D eigenvalue weighted by atomic mass is 10.2. The zero-order valence-electron chi connectivity index (χ0n) is 19.4. The average molecular weight is 789 g/mol. The molecule has 186 valence electrons. The maximum Gasteiger partial charge on any atom is 0.266 e. The highest BCUT2D eigenvalue weighted by molar-refractivity contribution is 14.1. The van der Waals surface area contributed by atoms with Crippen LogP contribution in [0, 0.1) is 7.14 Å². The number of nitrogens with zero attached hydrogens (tertiary/aromatic N) is 2. The SMILES string of the molecule is COCCCN1C(=O)/C(=C/c2cc(I)c(OCc3ccc(Br)cc3)c(I)c2)SC1=Nc1ccccc1. The molecule has 36 heavy (non-hydrogen) atoms. The van der Waals surface area contributed by atoms with Crippen LogP contribution >= 0.6 is 72.9 Å². The molecule has 1 aliphatic heterocycles. The summed E-state index contributed by atoms with van der Waals surface area (Å²) in [5.41, 5.74) is 2.87. The van der Waals surface area contributed by atoms with E-state index in [9.17, 15) is 4.79 Å². The number of carbonyl (C=O) groups is 1. The minimum atomic E-state index is -0.0358. The van der Waals surface area contributed by atoms with Gasteiger partial charge in [0.1, 0.15) is 12.4 Å². The topological polar surface area (TPSA) is 51.1 Å². The molecule has 1 fully saturated rings. The molecule has 5 nitrogen and oxygen atoms in total. The predicted octanol–water partition coefficient (Wildman–Crippen LogP) is 7.88. The van der Waals surface area contributed by atoms with E-state index in [-0.39, 0.29) is 5.91 Å². The van der Waals surface area contributed by atoms with Gasteiger partial charge in [0.2, 0.25) is 0 Å². The fraction of sp³-hybridized carbons (Fsp3) is 0.185. The minimum Gasteiger partial charge on any atom is -0.487 e. The zero-order valence-corrected chi connectivity index (χ0v) is 26.1. The number of hydrogen-bond acceptors (Lipinski definition) is 5. The Morgan fingerprint density at radius 1 is 1.06 bits per heavy atom. The number of amides is 1. The van der Waals surface area contributed by atoms with Crippen molar-refractivity contribution in [3.63, 3.8) is 0 Å². The Bertz CT molecular complexity index is 1260. The van der Waals surface area contributed by atoms with Crippen LogP contribution in [0.3, 0.4) is 0 Å². The van der Waals surface area contributed by atoms with Crippen LogP contribution in [0.2, 0.25) is 0 Å². The smallest absolute Gasteiger partial charge is 0.266 e. The van der Waals surface area contributed by atoms with Gasteiger partial charge in [-0.2, -0.15) is 0 Å². The van der Waals surface area contributed by atoms with Gasteiger partial charge in [-0.3, -0.25) is 9.69 Å².